The largest absolute Gasteiger partial charge is 0.495 e. The molecule has 0 amide bonds. The molecule has 0 spiro atoms. The molecule has 1 heterocycles. The van der Waals surface area contributed by atoms with Crippen LogP contribution < -0.4 is 10.5 Å². The molecular formula is C10H14ClFN2O3S. The Balaban J connectivity index is 0. The summed E-state index contributed by atoms with van der Waals surface area (Å²) < 4.78 is 19.2. The van der Waals surface area contributed by atoms with E-state index in [1.165, 1.54) is 24.5 Å². The summed E-state index contributed by atoms with van der Waals surface area (Å²) in [6.45, 7) is 0. The maximum Gasteiger partial charge on any atom is 0.136 e. The van der Waals surface area contributed by atoms with Crippen molar-refractivity contribution in [2.24, 2.45) is 5.73 Å². The van der Waals surface area contributed by atoms with Crippen molar-refractivity contribution in [2.75, 3.05) is 7.11 Å². The molecule has 0 aliphatic heterocycles. The Labute approximate surface area is 113 Å². The van der Waals surface area contributed by atoms with Crippen molar-refractivity contribution in [3.05, 3.63) is 28.9 Å². The Morgan fingerprint density at radius 2 is 2.00 bits per heavy atom. The lowest BCUT2D eigenvalue weighted by molar-refractivity contribution is 0.420. The van der Waals surface area contributed by atoms with Crippen LogP contribution in [-0.2, 0) is 0 Å². The van der Waals surface area contributed by atoms with Gasteiger partial charge in [-0.1, -0.05) is 0 Å². The van der Waals surface area contributed by atoms with Gasteiger partial charge in [0.1, 0.15) is 17.4 Å². The first kappa shape index (κ1) is 18.9. The number of benzene rings is 1. The summed E-state index contributed by atoms with van der Waals surface area (Å²) in [5.74, 6) is 0.219. The van der Waals surface area contributed by atoms with Crippen LogP contribution in [0.2, 0.25) is 0 Å². The Kier molecular flexibility index (Phi) is 7.49. The molecule has 8 heteroatoms. The van der Waals surface area contributed by atoms with Gasteiger partial charge in [0.2, 0.25) is 0 Å². The van der Waals surface area contributed by atoms with Crippen LogP contribution in [0.4, 0.5) is 4.39 Å². The van der Waals surface area contributed by atoms with E-state index in [1.807, 2.05) is 0 Å². The Morgan fingerprint density at radius 3 is 2.50 bits per heavy atom. The zero-order valence-corrected chi connectivity index (χ0v) is 11.0. The van der Waals surface area contributed by atoms with Crippen LogP contribution in [0.3, 0.4) is 0 Å². The Morgan fingerprint density at radius 1 is 1.39 bits per heavy atom. The van der Waals surface area contributed by atoms with Gasteiger partial charge in [-0.05, 0) is 18.2 Å². The first-order valence-electron chi connectivity index (χ1n) is 4.24. The fourth-order valence-corrected chi connectivity index (χ4v) is 2.38. The number of rotatable bonds is 2. The molecule has 0 fully saturated rings. The zero-order chi connectivity index (χ0) is 11.0. The molecule has 2 aromatic rings. The molecule has 0 aliphatic rings. The summed E-state index contributed by atoms with van der Waals surface area (Å²) in [7, 11) is 1.53. The number of amidine groups is 1. The highest BCUT2D eigenvalue weighted by atomic mass is 35.5. The molecule has 0 aliphatic carbocycles. The molecule has 7 N–H and O–H groups in total. The van der Waals surface area contributed by atoms with Crippen LogP contribution in [0, 0.1) is 11.2 Å². The van der Waals surface area contributed by atoms with Crippen LogP contribution in [-0.4, -0.2) is 23.9 Å². The fourth-order valence-electron chi connectivity index (χ4n) is 1.36. The average molecular weight is 297 g/mol. The van der Waals surface area contributed by atoms with E-state index in [2.05, 4.69) is 0 Å². The maximum atomic E-state index is 13.4. The molecule has 0 bridgehead atoms. The summed E-state index contributed by atoms with van der Waals surface area (Å²) in [5, 5.41) is 7.74. The van der Waals surface area contributed by atoms with E-state index < -0.39 is 0 Å². The molecule has 18 heavy (non-hydrogen) atoms. The van der Waals surface area contributed by atoms with Gasteiger partial charge in [0.25, 0.3) is 0 Å². The molecule has 1 aromatic carbocycles. The normalized spacial score (nSPS) is 8.78. The van der Waals surface area contributed by atoms with Gasteiger partial charge in [-0.3, -0.25) is 5.41 Å². The lowest BCUT2D eigenvalue weighted by Gasteiger charge is -2.00. The van der Waals surface area contributed by atoms with Gasteiger partial charge in [0, 0.05) is 5.39 Å². The van der Waals surface area contributed by atoms with E-state index in [4.69, 9.17) is 15.9 Å². The number of thiophene rings is 1. The van der Waals surface area contributed by atoms with Crippen LogP contribution >= 0.6 is 23.7 Å². The molecule has 0 atom stereocenters. The highest BCUT2D eigenvalue weighted by Gasteiger charge is 2.12. The standard InChI is InChI=1S/C10H9FN2OS.ClH.2H2O/c1-14-7-3-2-6(11)5-4-8(10(12)13)15-9(5)7;;;/h2-4H,1H3,(H3,12,13);1H;2*1H2. The number of hydrogen-bond donors (Lipinski definition) is 2. The minimum atomic E-state index is -0.324. The van der Waals surface area contributed by atoms with Crippen molar-refractivity contribution in [1.82, 2.24) is 0 Å². The van der Waals surface area contributed by atoms with Gasteiger partial charge < -0.3 is 21.4 Å². The maximum absolute atomic E-state index is 13.4. The monoisotopic (exact) mass is 296 g/mol. The molecule has 5 nitrogen and oxygen atoms in total. The Hall–Kier alpha value is -1.41. The molecule has 0 unspecified atom stereocenters. The smallest absolute Gasteiger partial charge is 0.136 e. The second-order valence-corrected chi connectivity index (χ2v) is 4.07. The summed E-state index contributed by atoms with van der Waals surface area (Å²) in [6, 6.07) is 4.48. The summed E-state index contributed by atoms with van der Waals surface area (Å²) in [5.41, 5.74) is 5.35. The number of halogens is 2. The number of nitrogen functional groups attached to an aromatic ring is 1. The van der Waals surface area contributed by atoms with Gasteiger partial charge in [-0.2, -0.15) is 0 Å². The highest BCUT2D eigenvalue weighted by molar-refractivity contribution is 7.21. The first-order chi connectivity index (χ1) is 7.13. The predicted octanol–water partition coefficient (Wildman–Crippen LogP) is 1.11. The van der Waals surface area contributed by atoms with E-state index >= 15 is 0 Å². The average Bonchev–Trinajstić information content (AvgIpc) is 2.64. The minimum Gasteiger partial charge on any atom is -0.495 e. The van der Waals surface area contributed by atoms with E-state index in [-0.39, 0.29) is 35.0 Å². The summed E-state index contributed by atoms with van der Waals surface area (Å²) >= 11 is 1.26. The third kappa shape index (κ3) is 3.08. The topological polar surface area (TPSA) is 122 Å². The molecular weight excluding hydrogens is 283 g/mol. The van der Waals surface area contributed by atoms with Crippen molar-refractivity contribution in [2.45, 2.75) is 0 Å². The molecule has 0 radical (unpaired) electrons. The molecule has 2 rings (SSSR count). The summed E-state index contributed by atoms with van der Waals surface area (Å²) in [4.78, 5) is 0.549. The highest BCUT2D eigenvalue weighted by Crippen LogP contribution is 2.34. The number of fused-ring (bicyclic) bond motifs is 1. The van der Waals surface area contributed by atoms with Crippen LogP contribution in [0.1, 0.15) is 4.88 Å². The van der Waals surface area contributed by atoms with Gasteiger partial charge >= 0.3 is 0 Å². The van der Waals surface area contributed by atoms with Crippen molar-refractivity contribution in [1.29, 1.82) is 5.41 Å². The minimum absolute atomic E-state index is 0. The van der Waals surface area contributed by atoms with E-state index in [0.717, 1.165) is 0 Å². The zero-order valence-electron chi connectivity index (χ0n) is 9.41. The number of ether oxygens (including phenoxy) is 1. The molecule has 0 saturated carbocycles. The van der Waals surface area contributed by atoms with Gasteiger partial charge in [0.05, 0.1) is 16.7 Å². The molecule has 102 valence electrons. The quantitative estimate of drug-likeness (QED) is 0.637. The number of nitrogens with one attached hydrogen (secondary N) is 1. The van der Waals surface area contributed by atoms with E-state index in [9.17, 15) is 4.39 Å². The SMILES string of the molecule is COc1ccc(F)c2cc(C(=N)N)sc12.Cl.O.O. The molecule has 1 aromatic heterocycles. The third-order valence-corrected chi connectivity index (χ3v) is 3.26. The lowest BCUT2D eigenvalue weighted by atomic mass is 10.2. The van der Waals surface area contributed by atoms with Gasteiger partial charge in [-0.25, -0.2) is 4.39 Å². The second kappa shape index (κ2) is 7.12. The Bertz CT molecular complexity index is 547. The number of methoxy groups -OCH3 is 1. The lowest BCUT2D eigenvalue weighted by Crippen LogP contribution is -2.08. The fraction of sp³-hybridized carbons (Fsp3) is 0.100. The van der Waals surface area contributed by atoms with Gasteiger partial charge in [-0.15, -0.1) is 23.7 Å². The van der Waals surface area contributed by atoms with E-state index in [1.54, 1.807) is 12.1 Å². The predicted molar refractivity (Wildman–Crippen MR) is 73.8 cm³/mol. The third-order valence-electron chi connectivity index (χ3n) is 2.08. The second-order valence-electron chi connectivity index (χ2n) is 3.02. The van der Waals surface area contributed by atoms with Gasteiger partial charge in [0.15, 0.2) is 0 Å². The van der Waals surface area contributed by atoms with Crippen LogP contribution in [0.5, 0.6) is 5.75 Å². The molecule has 0 saturated heterocycles. The number of hydrogen-bond acceptors (Lipinski definition) is 3. The van der Waals surface area contributed by atoms with Crippen LogP contribution in [0.25, 0.3) is 10.1 Å². The van der Waals surface area contributed by atoms with Crippen LogP contribution in [0.15, 0.2) is 18.2 Å². The van der Waals surface area contributed by atoms with Crippen molar-refractivity contribution < 1.29 is 20.1 Å². The van der Waals surface area contributed by atoms with Crippen molar-refractivity contribution in [3.63, 3.8) is 0 Å². The van der Waals surface area contributed by atoms with Crippen molar-refractivity contribution >= 4 is 39.7 Å². The van der Waals surface area contributed by atoms with Crippen molar-refractivity contribution in [3.8, 4) is 5.75 Å². The first-order valence-corrected chi connectivity index (χ1v) is 5.05. The number of nitrogens with two attached hydrogens (primary N) is 1. The summed E-state index contributed by atoms with van der Waals surface area (Å²) in [6.07, 6.45) is 0. The van der Waals surface area contributed by atoms with E-state index in [0.29, 0.717) is 20.7 Å².